The van der Waals surface area contributed by atoms with E-state index in [9.17, 15) is 28.8 Å². The van der Waals surface area contributed by atoms with Crippen molar-refractivity contribution in [2.75, 3.05) is 6.54 Å². The molecule has 2 heterocycles. The second-order valence-corrected chi connectivity index (χ2v) is 13.5. The third-order valence-electron chi connectivity index (χ3n) is 9.17. The van der Waals surface area contributed by atoms with Gasteiger partial charge in [0, 0.05) is 37.3 Å². The van der Waals surface area contributed by atoms with Crippen molar-refractivity contribution in [1.82, 2.24) is 36.1 Å². The molecule has 4 N–H and O–H groups in total. The van der Waals surface area contributed by atoms with Gasteiger partial charge >= 0.3 is 0 Å². The molecule has 3 fully saturated rings. The molecular formula is C32H45F2N7O6. The number of carbonyl (C=O) groups is 6. The highest BCUT2D eigenvalue weighted by Crippen LogP contribution is 2.51. The number of hydrogen-bond acceptors (Lipinski definition) is 8. The Morgan fingerprint density at radius 2 is 1.64 bits per heavy atom. The minimum absolute atomic E-state index is 0.00861. The van der Waals surface area contributed by atoms with Crippen molar-refractivity contribution in [3.05, 3.63) is 24.3 Å². The van der Waals surface area contributed by atoms with Crippen molar-refractivity contribution in [3.8, 4) is 0 Å². The first-order valence-electron chi connectivity index (χ1n) is 16.4. The van der Waals surface area contributed by atoms with E-state index in [0.29, 0.717) is 6.42 Å². The number of hydrogen-bond donors (Lipinski definition) is 4. The first-order valence-corrected chi connectivity index (χ1v) is 16.4. The highest BCUT2D eigenvalue weighted by Gasteiger charge is 2.61. The lowest BCUT2D eigenvalue weighted by Crippen LogP contribution is -2.60. The second-order valence-electron chi connectivity index (χ2n) is 13.5. The molecule has 1 saturated heterocycles. The maximum atomic E-state index is 15.0. The molecule has 258 valence electrons. The summed E-state index contributed by atoms with van der Waals surface area (Å²) >= 11 is 0. The standard InChI is InChI=1S/C32H45F2N7O6/c1-6-7-21(26(42)30(46)37-18-8-9-18)38-29(45)25-19-10-11-32(33,34)20(19)15-41(25)31(47)24(17(4)5)40-28(44)23(16(2)3)39-27(43)22-14-35-12-13-36-22/h12-14,16-21,23-25H,6-11,15H2,1-5H3,(H,37,46)(H,38,45)(H,39,43)(H,40,44)/t19-,20-,21?,23-,24-,25-/m0/s1. The zero-order valence-electron chi connectivity index (χ0n) is 27.4. The molecule has 0 aromatic carbocycles. The van der Waals surface area contributed by atoms with Crippen molar-refractivity contribution in [1.29, 1.82) is 0 Å². The quantitative estimate of drug-likeness (QED) is 0.216. The van der Waals surface area contributed by atoms with Crippen LogP contribution in [0, 0.1) is 23.7 Å². The Bertz CT molecular complexity index is 1360. The third-order valence-corrected chi connectivity index (χ3v) is 9.17. The van der Waals surface area contributed by atoms with Crippen molar-refractivity contribution >= 4 is 35.3 Å². The number of amides is 5. The summed E-state index contributed by atoms with van der Waals surface area (Å²) in [5.41, 5.74) is -0.00861. The first kappa shape index (κ1) is 35.8. The van der Waals surface area contributed by atoms with E-state index in [4.69, 9.17) is 0 Å². The van der Waals surface area contributed by atoms with Crippen molar-refractivity contribution in [3.63, 3.8) is 0 Å². The molecule has 4 rings (SSSR count). The molecule has 2 aliphatic carbocycles. The van der Waals surface area contributed by atoms with Crippen LogP contribution in [0.15, 0.2) is 18.6 Å². The normalized spacial score (nSPS) is 23.4. The van der Waals surface area contributed by atoms with Crippen LogP contribution in [0.2, 0.25) is 0 Å². The molecular weight excluding hydrogens is 616 g/mol. The molecule has 1 aromatic heterocycles. The van der Waals surface area contributed by atoms with Crippen molar-refractivity contribution in [2.24, 2.45) is 23.7 Å². The lowest BCUT2D eigenvalue weighted by molar-refractivity contribution is -0.145. The maximum Gasteiger partial charge on any atom is 0.289 e. The molecule has 47 heavy (non-hydrogen) atoms. The van der Waals surface area contributed by atoms with Crippen molar-refractivity contribution < 1.29 is 37.5 Å². The minimum atomic E-state index is -3.12. The lowest BCUT2D eigenvalue weighted by atomic mass is 9.91. The Kier molecular flexibility index (Phi) is 11.3. The molecule has 6 atom stereocenters. The highest BCUT2D eigenvalue weighted by atomic mass is 19.3. The van der Waals surface area contributed by atoms with Gasteiger partial charge in [-0.25, -0.2) is 13.8 Å². The van der Waals surface area contributed by atoms with E-state index in [1.54, 1.807) is 34.6 Å². The van der Waals surface area contributed by atoms with Gasteiger partial charge in [0.1, 0.15) is 23.8 Å². The van der Waals surface area contributed by atoms with Crippen LogP contribution in [-0.2, 0) is 24.0 Å². The Morgan fingerprint density at radius 3 is 2.21 bits per heavy atom. The van der Waals surface area contributed by atoms with Gasteiger partial charge in [-0.05, 0) is 43.4 Å². The molecule has 2 saturated carbocycles. The molecule has 1 aromatic rings. The first-order chi connectivity index (χ1) is 22.2. The lowest BCUT2D eigenvalue weighted by Gasteiger charge is -2.34. The topological polar surface area (TPSA) is 180 Å². The Morgan fingerprint density at radius 1 is 0.957 bits per heavy atom. The van der Waals surface area contributed by atoms with Gasteiger partial charge in [0.2, 0.25) is 23.5 Å². The van der Waals surface area contributed by atoms with E-state index in [2.05, 4.69) is 31.2 Å². The number of alkyl halides is 2. The van der Waals surface area contributed by atoms with Gasteiger partial charge in [-0.3, -0.25) is 33.8 Å². The highest BCUT2D eigenvalue weighted by molar-refractivity contribution is 6.38. The minimum Gasteiger partial charge on any atom is -0.347 e. The molecule has 0 radical (unpaired) electrons. The molecule has 15 heteroatoms. The number of ketones is 1. The fourth-order valence-corrected chi connectivity index (χ4v) is 6.38. The van der Waals surface area contributed by atoms with Gasteiger partial charge in [-0.1, -0.05) is 41.0 Å². The number of aromatic nitrogens is 2. The fourth-order valence-electron chi connectivity index (χ4n) is 6.38. The molecule has 5 amide bonds. The summed E-state index contributed by atoms with van der Waals surface area (Å²) in [6.45, 7) is 8.10. The summed E-state index contributed by atoms with van der Waals surface area (Å²) in [7, 11) is 0. The number of nitrogens with one attached hydrogen (secondary N) is 4. The third kappa shape index (κ3) is 8.28. The Balaban J connectivity index is 1.55. The maximum absolute atomic E-state index is 15.0. The molecule has 3 aliphatic rings. The monoisotopic (exact) mass is 661 g/mol. The van der Waals surface area contributed by atoms with Crippen LogP contribution in [0.3, 0.4) is 0 Å². The molecule has 0 spiro atoms. The second kappa shape index (κ2) is 14.8. The van der Waals surface area contributed by atoms with Crippen LogP contribution in [0.4, 0.5) is 8.78 Å². The van der Waals surface area contributed by atoms with E-state index in [-0.39, 0.29) is 24.6 Å². The summed E-state index contributed by atoms with van der Waals surface area (Å²) in [5, 5.41) is 10.5. The van der Waals surface area contributed by atoms with E-state index in [1.807, 2.05) is 0 Å². The van der Waals surface area contributed by atoms with Crippen LogP contribution in [0.1, 0.15) is 83.6 Å². The largest absolute Gasteiger partial charge is 0.347 e. The van der Waals surface area contributed by atoms with Gasteiger partial charge in [-0.2, -0.15) is 0 Å². The average molecular weight is 662 g/mol. The van der Waals surface area contributed by atoms with E-state index >= 15 is 8.78 Å². The zero-order valence-corrected chi connectivity index (χ0v) is 27.4. The number of carbonyl (C=O) groups excluding carboxylic acids is 6. The van der Waals surface area contributed by atoms with Gasteiger partial charge in [0.15, 0.2) is 0 Å². The number of rotatable bonds is 14. The predicted molar refractivity (Wildman–Crippen MR) is 165 cm³/mol. The van der Waals surface area contributed by atoms with Crippen LogP contribution in [0.25, 0.3) is 0 Å². The fraction of sp³-hybridized carbons (Fsp3) is 0.688. The predicted octanol–water partition coefficient (Wildman–Crippen LogP) is 1.38. The zero-order chi connectivity index (χ0) is 34.6. The van der Waals surface area contributed by atoms with E-state index in [0.717, 1.165) is 17.7 Å². The smallest absolute Gasteiger partial charge is 0.289 e. The Hall–Kier alpha value is -4.04. The van der Waals surface area contributed by atoms with Crippen LogP contribution in [-0.4, -0.2) is 92.9 Å². The van der Waals surface area contributed by atoms with Crippen LogP contribution >= 0.6 is 0 Å². The van der Waals surface area contributed by atoms with Crippen molar-refractivity contribution in [2.45, 2.75) is 109 Å². The number of Topliss-reactive ketones (excluding diaryl/α,β-unsaturated/α-hetero) is 1. The van der Waals surface area contributed by atoms with Crippen LogP contribution < -0.4 is 21.3 Å². The molecule has 13 nitrogen and oxygen atoms in total. The number of fused-ring (bicyclic) bond motifs is 1. The number of nitrogens with zero attached hydrogens (tertiary/aromatic N) is 3. The summed E-state index contributed by atoms with van der Waals surface area (Å²) in [5.74, 6) is -10.7. The Labute approximate surface area is 272 Å². The average Bonchev–Trinajstić information content (AvgIpc) is 3.67. The number of likely N-dealkylation sites (tertiary alicyclic amines) is 1. The summed E-state index contributed by atoms with van der Waals surface area (Å²) < 4.78 is 30.1. The molecule has 1 aliphatic heterocycles. The summed E-state index contributed by atoms with van der Waals surface area (Å²) in [6.07, 6.45) is 5.64. The summed E-state index contributed by atoms with van der Waals surface area (Å²) in [4.78, 5) is 88.7. The van der Waals surface area contributed by atoms with Gasteiger partial charge in [-0.15, -0.1) is 0 Å². The van der Waals surface area contributed by atoms with E-state index < -0.39 is 102 Å². The SMILES string of the molecule is CCCC(NC(=O)[C@@H]1[C@H]2CCC(F)(F)[C@H]2CN1C(=O)[C@@H](NC(=O)[C@@H](NC(=O)c1cnccn1)C(C)C)C(C)C)C(=O)C(=O)NC1CC1. The van der Waals surface area contributed by atoms with Gasteiger partial charge in [0.25, 0.3) is 17.7 Å². The van der Waals surface area contributed by atoms with Crippen LogP contribution in [0.5, 0.6) is 0 Å². The number of halogens is 2. The van der Waals surface area contributed by atoms with Gasteiger partial charge in [0.05, 0.1) is 12.2 Å². The van der Waals surface area contributed by atoms with E-state index in [1.165, 1.54) is 18.6 Å². The van der Waals surface area contributed by atoms with Gasteiger partial charge < -0.3 is 26.2 Å². The summed E-state index contributed by atoms with van der Waals surface area (Å²) in [6, 6.07) is -4.91. The molecule has 0 bridgehead atoms. The molecule has 1 unspecified atom stereocenters.